The number of aliphatic hydroxyl groups excluding tert-OH is 12. The average Bonchev–Trinajstić information content (AvgIpc) is 3.31. The minimum Gasteiger partial charge on any atom is -0.394 e. The summed E-state index contributed by atoms with van der Waals surface area (Å²) in [6, 6.07) is 0. The number of carbonyl (C=O) groups is 2. The summed E-state index contributed by atoms with van der Waals surface area (Å²) in [5, 5.41) is 135. The van der Waals surface area contributed by atoms with Crippen LogP contribution in [0, 0.1) is 11.3 Å². The van der Waals surface area contributed by atoms with E-state index in [4.69, 9.17) is 28.4 Å². The Morgan fingerprint density at radius 3 is 1.78 bits per heavy atom. The third-order valence-corrected chi connectivity index (χ3v) is 14.9. The summed E-state index contributed by atoms with van der Waals surface area (Å²) in [6.45, 7) is 10.1. The number of hydrogen-bond donors (Lipinski definition) is 13. The first-order chi connectivity index (χ1) is 32.3. The van der Waals surface area contributed by atoms with Crippen LogP contribution < -0.4 is 0 Å². The third kappa shape index (κ3) is 14.1. The Bertz CT molecular complexity index is 1750. The molecule has 3 unspecified atom stereocenters. The van der Waals surface area contributed by atoms with Crippen LogP contribution in [0.3, 0.4) is 0 Å². The van der Waals surface area contributed by atoms with Gasteiger partial charge in [-0.15, -0.1) is 0 Å². The van der Waals surface area contributed by atoms with Crippen molar-refractivity contribution in [1.82, 2.24) is 0 Å². The predicted octanol–water partition coefficient (Wildman–Crippen LogP) is -1.54. The number of ether oxygens (including phenoxy) is 6. The summed E-state index contributed by atoms with van der Waals surface area (Å²) in [7, 11) is 0. The summed E-state index contributed by atoms with van der Waals surface area (Å²) in [6.07, 6.45) is -16.1. The first-order valence-corrected chi connectivity index (χ1v) is 23.9. The number of allylic oxidation sites excluding steroid dienone is 4. The smallest absolute Gasteiger partial charge is 0.187 e. The molecule has 0 aromatic carbocycles. The Labute approximate surface area is 403 Å². The van der Waals surface area contributed by atoms with Crippen molar-refractivity contribution in [2.75, 3.05) is 26.4 Å². The molecule has 0 bridgehead atoms. The topological polar surface area (TPSA) is 353 Å². The Hall–Kier alpha value is -2.20. The van der Waals surface area contributed by atoms with Gasteiger partial charge in [0.25, 0.3) is 0 Å². The van der Waals surface area contributed by atoms with Crippen molar-refractivity contribution in [3.05, 3.63) is 34.4 Å². The molecule has 0 spiro atoms. The summed E-state index contributed by atoms with van der Waals surface area (Å²) >= 11 is 0. The molecular formula is C48H80O21. The highest BCUT2D eigenvalue weighted by molar-refractivity contribution is 5.86. The van der Waals surface area contributed by atoms with Crippen LogP contribution in [0.5, 0.6) is 0 Å². The van der Waals surface area contributed by atoms with Gasteiger partial charge in [0, 0.05) is 18.4 Å². The molecule has 3 aliphatic heterocycles. The maximum absolute atomic E-state index is 13.4. The monoisotopic (exact) mass is 993 g/mol. The van der Waals surface area contributed by atoms with E-state index in [1.807, 2.05) is 19.1 Å². The van der Waals surface area contributed by atoms with E-state index in [2.05, 4.69) is 0 Å². The fraction of sp³-hybridized carbons (Fsp3) is 0.833. The second kappa shape index (κ2) is 25.6. The molecule has 21 heteroatoms. The zero-order chi connectivity index (χ0) is 51.8. The fourth-order valence-corrected chi connectivity index (χ4v) is 9.74. The molecular weight excluding hydrogens is 913 g/mol. The second-order valence-electron chi connectivity index (χ2n) is 20.1. The van der Waals surface area contributed by atoms with Gasteiger partial charge in [0.05, 0.1) is 31.5 Å². The van der Waals surface area contributed by atoms with Crippen molar-refractivity contribution in [1.29, 1.82) is 0 Å². The van der Waals surface area contributed by atoms with Gasteiger partial charge in [-0.2, -0.15) is 0 Å². The van der Waals surface area contributed by atoms with E-state index in [1.165, 1.54) is 13.8 Å². The molecule has 4 rings (SSSR count). The Kier molecular flexibility index (Phi) is 22.1. The van der Waals surface area contributed by atoms with Crippen LogP contribution in [-0.2, 0) is 38.0 Å². The number of carbonyl (C=O) groups excluding carboxylic acids is 2. The highest BCUT2D eigenvalue weighted by atomic mass is 16.7. The van der Waals surface area contributed by atoms with Crippen LogP contribution in [0.1, 0.15) is 106 Å². The lowest BCUT2D eigenvalue weighted by Gasteiger charge is -2.53. The largest absolute Gasteiger partial charge is 0.394 e. The molecule has 398 valence electrons. The Morgan fingerprint density at radius 1 is 0.739 bits per heavy atom. The van der Waals surface area contributed by atoms with Crippen LogP contribution in [0.4, 0.5) is 0 Å². The summed E-state index contributed by atoms with van der Waals surface area (Å²) in [5.41, 5.74) is -0.709. The van der Waals surface area contributed by atoms with Crippen molar-refractivity contribution in [3.63, 3.8) is 0 Å². The van der Waals surface area contributed by atoms with Crippen LogP contribution >= 0.6 is 0 Å². The molecule has 69 heavy (non-hydrogen) atoms. The SMILES string of the molecule is C/C(=C\CC(O[C@@H]1O[C@H](CO)[C@@H](O)[C@H](O)[C@H]1O)/C(C)=C/CCC1(C)C(CCCO[C@@H]2O[C@H](CO)[C@@H](O)[C@H](O)[C@H]2O)/C(=C(\C)C=O)CC[C@]1(C)O)CCC(=O)C(C)(C)O[C@H]1O[C@H](CO)[C@@H](O)[C@H](O)[C@H]1O. The van der Waals surface area contributed by atoms with Gasteiger partial charge >= 0.3 is 0 Å². The molecule has 1 aliphatic carbocycles. The molecule has 0 radical (unpaired) electrons. The standard InChI is InChI=1S/C48H80O21/c1-24(13-15-33(53)46(4,5)69-45-42(62)39(59)36(56)32(23-52)68-45)12-14-29(65-44-41(61)38(58)35(55)31(22-51)67-44)25(2)10-8-17-47(6)28(27(26(3)20-49)16-18-48(47,7)63)11-9-19-64-43-40(60)37(57)34(54)30(21-50)66-43/h10,12,20,28-32,34-45,50-52,54-63H,8-9,11,13-19,21-23H2,1-7H3/b24-12+,25-10+,27-26+/t28?,29?,30-,31-,32-,34-,35-,36-,37+,38+,39+,40-,41-,42-,43-,44-,45-,47?,48+/m1/s1. The number of rotatable bonds is 23. The quantitative estimate of drug-likeness (QED) is 0.0239. The van der Waals surface area contributed by atoms with Gasteiger partial charge in [0.15, 0.2) is 24.7 Å². The van der Waals surface area contributed by atoms with Crippen molar-refractivity contribution in [2.45, 2.75) is 216 Å². The van der Waals surface area contributed by atoms with E-state index >= 15 is 0 Å². The fourth-order valence-electron chi connectivity index (χ4n) is 9.74. The molecule has 19 atom stereocenters. The molecule has 1 saturated carbocycles. The van der Waals surface area contributed by atoms with Gasteiger partial charge in [-0.25, -0.2) is 0 Å². The lowest BCUT2D eigenvalue weighted by molar-refractivity contribution is -0.318. The van der Waals surface area contributed by atoms with Gasteiger partial charge in [-0.3, -0.25) is 9.59 Å². The third-order valence-electron chi connectivity index (χ3n) is 14.9. The van der Waals surface area contributed by atoms with Crippen LogP contribution in [-0.4, -0.2) is 214 Å². The van der Waals surface area contributed by atoms with Crippen LogP contribution in [0.15, 0.2) is 34.4 Å². The van der Waals surface area contributed by atoms with Crippen molar-refractivity contribution >= 4 is 12.1 Å². The lowest BCUT2D eigenvalue weighted by atomic mass is 9.54. The number of aldehydes is 1. The maximum atomic E-state index is 13.4. The van der Waals surface area contributed by atoms with Gasteiger partial charge in [0.2, 0.25) is 0 Å². The number of aliphatic hydroxyl groups is 13. The van der Waals surface area contributed by atoms with Gasteiger partial charge in [-0.05, 0) is 110 Å². The minimum atomic E-state index is -1.70. The first-order valence-electron chi connectivity index (χ1n) is 23.9. The summed E-state index contributed by atoms with van der Waals surface area (Å²) < 4.78 is 34.5. The predicted molar refractivity (Wildman–Crippen MR) is 242 cm³/mol. The summed E-state index contributed by atoms with van der Waals surface area (Å²) in [4.78, 5) is 25.6. The highest BCUT2D eigenvalue weighted by Gasteiger charge is 2.53. The Morgan fingerprint density at radius 2 is 1.25 bits per heavy atom. The molecule has 0 amide bonds. The Balaban J connectivity index is 1.52. The molecule has 3 saturated heterocycles. The van der Waals surface area contributed by atoms with Gasteiger partial charge < -0.3 is 94.8 Å². The molecule has 4 aliphatic rings. The van der Waals surface area contributed by atoms with E-state index < -0.39 is 135 Å². The van der Waals surface area contributed by atoms with Gasteiger partial charge in [-0.1, -0.05) is 30.2 Å². The van der Waals surface area contributed by atoms with Crippen molar-refractivity contribution in [3.8, 4) is 0 Å². The van der Waals surface area contributed by atoms with E-state index in [0.717, 1.165) is 17.4 Å². The summed E-state index contributed by atoms with van der Waals surface area (Å²) in [5.74, 6) is -0.703. The molecule has 0 aromatic rings. The van der Waals surface area contributed by atoms with Crippen molar-refractivity contribution in [2.24, 2.45) is 11.3 Å². The zero-order valence-corrected chi connectivity index (χ0v) is 40.8. The van der Waals surface area contributed by atoms with Crippen LogP contribution in [0.2, 0.25) is 0 Å². The minimum absolute atomic E-state index is 0.0284. The van der Waals surface area contributed by atoms with E-state index in [0.29, 0.717) is 49.7 Å². The number of Topliss-reactive ketones (excluding diaryl/α,β-unsaturated/α-hetero) is 1. The van der Waals surface area contributed by atoms with E-state index in [-0.39, 0.29) is 37.6 Å². The maximum Gasteiger partial charge on any atom is 0.187 e. The molecule has 4 fully saturated rings. The molecule has 3 heterocycles. The van der Waals surface area contributed by atoms with E-state index in [1.54, 1.807) is 27.7 Å². The highest BCUT2D eigenvalue weighted by Crippen LogP contribution is 2.55. The second-order valence-corrected chi connectivity index (χ2v) is 20.1. The first kappa shape index (κ1) is 59.4. The molecule has 13 N–H and O–H groups in total. The van der Waals surface area contributed by atoms with Gasteiger partial charge in [0.1, 0.15) is 85.1 Å². The van der Waals surface area contributed by atoms with E-state index in [9.17, 15) is 76.0 Å². The normalized spacial score (nSPS) is 40.6. The number of hydrogen-bond acceptors (Lipinski definition) is 21. The average molecular weight is 993 g/mol. The van der Waals surface area contributed by atoms with Crippen LogP contribution in [0.25, 0.3) is 0 Å². The zero-order valence-electron chi connectivity index (χ0n) is 40.8. The lowest BCUT2D eigenvalue weighted by Crippen LogP contribution is -2.61. The number of ketones is 1. The molecule has 21 nitrogen and oxygen atoms in total. The molecule has 0 aromatic heterocycles. The van der Waals surface area contributed by atoms with Crippen molar-refractivity contribution < 1.29 is 104 Å².